The van der Waals surface area contributed by atoms with E-state index in [0.29, 0.717) is 18.2 Å². The highest BCUT2D eigenvalue weighted by Crippen LogP contribution is 2.27. The molecule has 1 fully saturated rings. The number of rotatable bonds is 5. The second-order valence-corrected chi connectivity index (χ2v) is 5.56. The number of amides is 1. The molecule has 1 atom stereocenters. The molecule has 0 bridgehead atoms. The topological polar surface area (TPSA) is 64.3 Å². The highest BCUT2D eigenvalue weighted by Gasteiger charge is 2.25. The van der Waals surface area contributed by atoms with Crippen LogP contribution in [0.15, 0.2) is 18.2 Å². The lowest BCUT2D eigenvalue weighted by Crippen LogP contribution is -2.46. The second kappa shape index (κ2) is 7.41. The number of hydrogen-bond donors (Lipinski definition) is 2. The fourth-order valence-corrected chi connectivity index (χ4v) is 3.01. The van der Waals surface area contributed by atoms with Crippen LogP contribution in [-0.4, -0.2) is 25.6 Å². The molecule has 0 aliphatic heterocycles. The maximum absolute atomic E-state index is 13.4. The summed E-state index contributed by atoms with van der Waals surface area (Å²) in [6, 6.07) is 3.87. The van der Waals surface area contributed by atoms with Crippen molar-refractivity contribution in [1.82, 2.24) is 5.32 Å². The zero-order valence-electron chi connectivity index (χ0n) is 12.4. The van der Waals surface area contributed by atoms with Crippen LogP contribution in [0.4, 0.5) is 4.39 Å². The van der Waals surface area contributed by atoms with Gasteiger partial charge in [-0.15, -0.1) is 0 Å². The molecule has 1 amide bonds. The lowest BCUT2D eigenvalue weighted by Gasteiger charge is -2.30. The molecule has 21 heavy (non-hydrogen) atoms. The van der Waals surface area contributed by atoms with Crippen molar-refractivity contribution in [3.63, 3.8) is 0 Å². The maximum Gasteiger partial charge on any atom is 0.255 e. The molecule has 0 aromatic heterocycles. The first-order chi connectivity index (χ1) is 10.2. The summed E-state index contributed by atoms with van der Waals surface area (Å²) in [6.45, 7) is 0.397. The van der Waals surface area contributed by atoms with Gasteiger partial charge < -0.3 is 15.8 Å². The molecule has 5 heteroatoms. The first kappa shape index (κ1) is 15.8. The van der Waals surface area contributed by atoms with Crippen molar-refractivity contribution in [3.05, 3.63) is 29.6 Å². The molecule has 1 aliphatic carbocycles. The molecular weight excluding hydrogens is 271 g/mol. The van der Waals surface area contributed by atoms with E-state index >= 15 is 0 Å². The van der Waals surface area contributed by atoms with Crippen LogP contribution in [0.25, 0.3) is 0 Å². The number of benzene rings is 1. The van der Waals surface area contributed by atoms with Crippen LogP contribution in [0.2, 0.25) is 0 Å². The molecule has 1 aromatic carbocycles. The van der Waals surface area contributed by atoms with Gasteiger partial charge in [0, 0.05) is 12.6 Å². The highest BCUT2D eigenvalue weighted by molar-refractivity contribution is 5.97. The summed E-state index contributed by atoms with van der Waals surface area (Å²) in [5.74, 6) is -0.00384. The summed E-state index contributed by atoms with van der Waals surface area (Å²) in [5.41, 5.74) is 6.02. The van der Waals surface area contributed by atoms with Crippen LogP contribution in [-0.2, 0) is 0 Å². The number of carbonyl (C=O) groups excluding carboxylic acids is 1. The van der Waals surface area contributed by atoms with Gasteiger partial charge in [0.05, 0.1) is 12.7 Å². The summed E-state index contributed by atoms with van der Waals surface area (Å²) < 4.78 is 18.5. The molecular formula is C16H23FN2O2. The summed E-state index contributed by atoms with van der Waals surface area (Å²) >= 11 is 0. The number of carbonyl (C=O) groups is 1. The molecule has 3 N–H and O–H groups in total. The van der Waals surface area contributed by atoms with E-state index in [2.05, 4.69) is 5.32 Å². The summed E-state index contributed by atoms with van der Waals surface area (Å²) in [6.07, 6.45) is 5.78. The van der Waals surface area contributed by atoms with E-state index in [1.165, 1.54) is 44.6 Å². The summed E-state index contributed by atoms with van der Waals surface area (Å²) in [5, 5.41) is 2.94. The van der Waals surface area contributed by atoms with Crippen LogP contribution in [0, 0.1) is 11.7 Å². The summed E-state index contributed by atoms with van der Waals surface area (Å²) in [4.78, 5) is 12.4. The molecule has 1 saturated carbocycles. The monoisotopic (exact) mass is 294 g/mol. The van der Waals surface area contributed by atoms with Crippen LogP contribution >= 0.6 is 0 Å². The Morgan fingerprint density at radius 1 is 1.43 bits per heavy atom. The average Bonchev–Trinajstić information content (AvgIpc) is 2.53. The normalized spacial score (nSPS) is 17.3. The van der Waals surface area contributed by atoms with Crippen molar-refractivity contribution < 1.29 is 13.9 Å². The highest BCUT2D eigenvalue weighted by atomic mass is 19.1. The number of methoxy groups -OCH3 is 1. The Morgan fingerprint density at radius 3 is 2.76 bits per heavy atom. The third-order valence-corrected chi connectivity index (χ3v) is 4.20. The van der Waals surface area contributed by atoms with Crippen LogP contribution in [0.1, 0.15) is 42.5 Å². The Balaban J connectivity index is 2.10. The van der Waals surface area contributed by atoms with Gasteiger partial charge in [-0.2, -0.15) is 0 Å². The fourth-order valence-electron chi connectivity index (χ4n) is 3.01. The molecule has 1 unspecified atom stereocenters. The Hall–Kier alpha value is -1.62. The Labute approximate surface area is 124 Å². The lowest BCUT2D eigenvalue weighted by atomic mass is 9.84. The third kappa shape index (κ3) is 3.94. The van der Waals surface area contributed by atoms with Gasteiger partial charge >= 0.3 is 0 Å². The van der Waals surface area contributed by atoms with Crippen molar-refractivity contribution in [2.45, 2.75) is 38.1 Å². The van der Waals surface area contributed by atoms with E-state index in [9.17, 15) is 9.18 Å². The predicted molar refractivity (Wildman–Crippen MR) is 79.8 cm³/mol. The van der Waals surface area contributed by atoms with E-state index in [-0.39, 0.29) is 17.5 Å². The Bertz CT molecular complexity index is 487. The van der Waals surface area contributed by atoms with Crippen molar-refractivity contribution >= 4 is 5.91 Å². The van der Waals surface area contributed by atoms with Crippen LogP contribution < -0.4 is 15.8 Å². The van der Waals surface area contributed by atoms with Crippen LogP contribution in [0.5, 0.6) is 5.75 Å². The minimum Gasteiger partial charge on any atom is -0.496 e. The molecule has 0 saturated heterocycles. The minimum absolute atomic E-state index is 0.0641. The van der Waals surface area contributed by atoms with Gasteiger partial charge in [0.25, 0.3) is 5.91 Å². The van der Waals surface area contributed by atoms with Gasteiger partial charge in [0.1, 0.15) is 11.6 Å². The van der Waals surface area contributed by atoms with Gasteiger partial charge in [-0.25, -0.2) is 4.39 Å². The van der Waals surface area contributed by atoms with Crippen molar-refractivity contribution in [2.75, 3.05) is 13.7 Å². The molecule has 4 nitrogen and oxygen atoms in total. The molecule has 1 aliphatic rings. The molecule has 0 radical (unpaired) electrons. The average molecular weight is 294 g/mol. The largest absolute Gasteiger partial charge is 0.496 e. The quantitative estimate of drug-likeness (QED) is 0.877. The van der Waals surface area contributed by atoms with Crippen molar-refractivity contribution in [1.29, 1.82) is 0 Å². The first-order valence-electron chi connectivity index (χ1n) is 7.50. The van der Waals surface area contributed by atoms with Crippen LogP contribution in [0.3, 0.4) is 0 Å². The van der Waals surface area contributed by atoms with E-state index in [4.69, 9.17) is 10.5 Å². The number of ether oxygens (including phenoxy) is 1. The summed E-state index contributed by atoms with van der Waals surface area (Å²) in [7, 11) is 1.46. The van der Waals surface area contributed by atoms with Crippen molar-refractivity contribution in [2.24, 2.45) is 11.7 Å². The number of halogens is 1. The van der Waals surface area contributed by atoms with Gasteiger partial charge in [-0.05, 0) is 37.0 Å². The fraction of sp³-hybridized carbons (Fsp3) is 0.562. The van der Waals surface area contributed by atoms with E-state index in [1.54, 1.807) is 0 Å². The Morgan fingerprint density at radius 2 is 2.14 bits per heavy atom. The van der Waals surface area contributed by atoms with Gasteiger partial charge in [-0.3, -0.25) is 4.79 Å². The number of nitrogens with two attached hydrogens (primary N) is 1. The zero-order chi connectivity index (χ0) is 15.2. The maximum atomic E-state index is 13.4. The predicted octanol–water partition coefficient (Wildman–Crippen LogP) is 2.47. The van der Waals surface area contributed by atoms with E-state index in [0.717, 1.165) is 12.8 Å². The second-order valence-electron chi connectivity index (χ2n) is 5.56. The first-order valence-corrected chi connectivity index (χ1v) is 7.50. The molecule has 116 valence electrons. The van der Waals surface area contributed by atoms with E-state index in [1.807, 2.05) is 0 Å². The minimum atomic E-state index is -0.456. The molecule has 0 spiro atoms. The van der Waals surface area contributed by atoms with Gasteiger partial charge in [0.2, 0.25) is 0 Å². The third-order valence-electron chi connectivity index (χ3n) is 4.20. The molecule has 1 aromatic rings. The lowest BCUT2D eigenvalue weighted by molar-refractivity contribution is 0.0912. The molecule has 2 rings (SSSR count). The Kier molecular flexibility index (Phi) is 5.56. The number of hydrogen-bond acceptors (Lipinski definition) is 3. The molecule has 0 heterocycles. The standard InChI is InChI=1S/C16H23FN2O2/c1-21-15-8-7-12(17)9-13(15)16(20)19-14(10-18)11-5-3-2-4-6-11/h7-9,11,14H,2-6,10,18H2,1H3,(H,19,20). The number of nitrogens with one attached hydrogen (secondary N) is 1. The van der Waals surface area contributed by atoms with Gasteiger partial charge in [0.15, 0.2) is 0 Å². The SMILES string of the molecule is COc1ccc(F)cc1C(=O)NC(CN)C1CCCCC1. The zero-order valence-corrected chi connectivity index (χ0v) is 12.4. The smallest absolute Gasteiger partial charge is 0.255 e. The van der Waals surface area contributed by atoms with E-state index < -0.39 is 5.82 Å². The van der Waals surface area contributed by atoms with Crippen molar-refractivity contribution in [3.8, 4) is 5.75 Å². The van der Waals surface area contributed by atoms with Gasteiger partial charge in [-0.1, -0.05) is 19.3 Å².